The van der Waals surface area contributed by atoms with Crippen molar-refractivity contribution in [2.45, 2.75) is 33.9 Å². The summed E-state index contributed by atoms with van der Waals surface area (Å²) >= 11 is 0. The van der Waals surface area contributed by atoms with Crippen LogP contribution in [-0.2, 0) is 0 Å². The normalized spacial score (nSPS) is 11.5. The Kier molecular flexibility index (Phi) is 5.28. The number of aryl methyl sites for hydroxylation is 1. The largest absolute Gasteiger partial charge is 0.507 e. The molecule has 0 amide bonds. The number of hydrogen-bond acceptors (Lipinski definition) is 3. The van der Waals surface area contributed by atoms with E-state index in [9.17, 15) is 5.11 Å². The fourth-order valence-electron chi connectivity index (χ4n) is 2.73. The van der Waals surface area contributed by atoms with Gasteiger partial charge in [-0.3, -0.25) is 0 Å². The maximum absolute atomic E-state index is 10.0. The van der Waals surface area contributed by atoms with Crippen LogP contribution in [0.2, 0.25) is 13.1 Å². The summed E-state index contributed by atoms with van der Waals surface area (Å²) in [6, 6.07) is 10.7. The average molecular weight is 344 g/mol. The van der Waals surface area contributed by atoms with Crippen molar-refractivity contribution in [1.82, 2.24) is 0 Å². The molecule has 1 N–H and O–H groups in total. The van der Waals surface area contributed by atoms with Crippen LogP contribution in [-0.4, -0.2) is 33.5 Å². The zero-order valence-electron chi connectivity index (χ0n) is 15.9. The van der Waals surface area contributed by atoms with Crippen LogP contribution < -0.4 is 14.8 Å². The Morgan fingerprint density at radius 3 is 2.12 bits per heavy atom. The van der Waals surface area contributed by atoms with Crippen molar-refractivity contribution in [3.05, 3.63) is 47.0 Å². The second-order valence-corrected chi connectivity index (χ2v) is 12.0. The van der Waals surface area contributed by atoms with Crippen LogP contribution in [0.25, 0.3) is 0 Å². The number of aromatic hydroxyl groups is 1. The molecule has 0 unspecified atom stereocenters. The molecule has 3 nitrogen and oxygen atoms in total. The van der Waals surface area contributed by atoms with Gasteiger partial charge in [0.25, 0.3) is 0 Å². The molecule has 130 valence electrons. The maximum atomic E-state index is 10.0. The van der Waals surface area contributed by atoms with Gasteiger partial charge in [0.1, 0.15) is 19.6 Å². The fraction of sp³-hybridized carbons (Fsp3) is 0.400. The van der Waals surface area contributed by atoms with Crippen LogP contribution in [0.3, 0.4) is 0 Å². The average Bonchev–Trinajstić information content (AvgIpc) is 2.55. The lowest BCUT2D eigenvalue weighted by Gasteiger charge is -2.25. The van der Waals surface area contributed by atoms with Gasteiger partial charge in [-0.1, -0.05) is 30.4 Å². The van der Waals surface area contributed by atoms with E-state index < -0.39 is 8.07 Å². The minimum Gasteiger partial charge on any atom is -0.507 e. The van der Waals surface area contributed by atoms with Gasteiger partial charge in [0.15, 0.2) is 0 Å². The van der Waals surface area contributed by atoms with Crippen LogP contribution in [0.1, 0.15) is 16.7 Å². The van der Waals surface area contributed by atoms with Gasteiger partial charge in [-0.2, -0.15) is 0 Å². The van der Waals surface area contributed by atoms with Crippen LogP contribution in [0.4, 0.5) is 5.69 Å². The summed E-state index contributed by atoms with van der Waals surface area (Å²) in [5.74, 6) is 1.25. The van der Waals surface area contributed by atoms with E-state index >= 15 is 0 Å². The number of nitrogens with zero attached hydrogens (tertiary/aromatic N) is 1. The van der Waals surface area contributed by atoms with E-state index in [1.54, 1.807) is 0 Å². The zero-order valence-corrected chi connectivity index (χ0v) is 16.9. The first kappa shape index (κ1) is 18.4. The Morgan fingerprint density at radius 2 is 1.58 bits per heavy atom. The van der Waals surface area contributed by atoms with Gasteiger partial charge in [0.05, 0.1) is 6.23 Å². The smallest absolute Gasteiger partial charge is 0.124 e. The molecule has 2 rings (SSSR count). The highest BCUT2D eigenvalue weighted by molar-refractivity contribution is 6.89. The molecule has 0 saturated heterocycles. The highest BCUT2D eigenvalue weighted by atomic mass is 28.3. The number of phenolic OH excluding ortho intramolecular Hbond substituents is 1. The summed E-state index contributed by atoms with van der Waals surface area (Å²) < 4.78 is 6.19. The molecule has 4 heteroatoms. The summed E-state index contributed by atoms with van der Waals surface area (Å²) in [5, 5.41) is 11.4. The summed E-state index contributed by atoms with van der Waals surface area (Å²) in [6.45, 7) is 10.5. The Bertz CT molecular complexity index is 721. The molecule has 24 heavy (non-hydrogen) atoms. The number of phenols is 1. The van der Waals surface area contributed by atoms with Gasteiger partial charge in [-0.05, 0) is 55.7 Å². The summed E-state index contributed by atoms with van der Waals surface area (Å²) in [6.07, 6.45) is 0.721. The van der Waals surface area contributed by atoms with Gasteiger partial charge >= 0.3 is 0 Å². The molecule has 0 aliphatic heterocycles. The Hall–Kier alpha value is -1.94. The van der Waals surface area contributed by atoms with Crippen molar-refractivity contribution in [1.29, 1.82) is 0 Å². The van der Waals surface area contributed by atoms with E-state index in [-0.39, 0.29) is 0 Å². The van der Waals surface area contributed by atoms with Gasteiger partial charge < -0.3 is 14.7 Å². The van der Waals surface area contributed by atoms with E-state index in [1.807, 2.05) is 26.8 Å². The van der Waals surface area contributed by atoms with Crippen LogP contribution >= 0.6 is 0 Å². The van der Waals surface area contributed by atoms with Crippen molar-refractivity contribution in [2.75, 3.05) is 25.2 Å². The molecule has 0 heterocycles. The van der Waals surface area contributed by atoms with E-state index in [1.165, 1.54) is 10.9 Å². The van der Waals surface area contributed by atoms with Crippen LogP contribution in [0.5, 0.6) is 11.5 Å². The van der Waals surface area contributed by atoms with Gasteiger partial charge in [0.2, 0.25) is 0 Å². The number of hydrogen-bond donors (Lipinski definition) is 1. The number of anilines is 1. The van der Waals surface area contributed by atoms with Crippen molar-refractivity contribution >= 4 is 18.9 Å². The first-order chi connectivity index (χ1) is 11.1. The van der Waals surface area contributed by atoms with E-state index in [2.05, 4.69) is 56.4 Å². The lowest BCUT2D eigenvalue weighted by molar-refractivity contribution is 0.373. The predicted octanol–water partition coefficient (Wildman–Crippen LogP) is 3.92. The Balaban J connectivity index is 2.18. The SMILES string of the molecule is Cc1cc(OC[Si](C)(C)c2ccc(N(C)C)cc2)c(C)c(C)c1O. The maximum Gasteiger partial charge on any atom is 0.124 e. The van der Waals surface area contributed by atoms with Gasteiger partial charge in [-0.25, -0.2) is 0 Å². The first-order valence-corrected chi connectivity index (χ1v) is 11.5. The van der Waals surface area contributed by atoms with E-state index in [0.717, 1.165) is 28.7 Å². The number of benzene rings is 2. The minimum absolute atomic E-state index is 0.371. The zero-order chi connectivity index (χ0) is 18.1. The van der Waals surface area contributed by atoms with Gasteiger partial charge in [-0.15, -0.1) is 0 Å². The summed E-state index contributed by atoms with van der Waals surface area (Å²) in [7, 11) is 2.41. The number of ether oxygens (including phenoxy) is 1. The highest BCUT2D eigenvalue weighted by Gasteiger charge is 2.25. The van der Waals surface area contributed by atoms with Crippen LogP contribution in [0, 0.1) is 20.8 Å². The van der Waals surface area contributed by atoms with Crippen molar-refractivity contribution in [2.24, 2.45) is 0 Å². The summed E-state index contributed by atoms with van der Waals surface area (Å²) in [4.78, 5) is 2.11. The van der Waals surface area contributed by atoms with Crippen LogP contribution in [0.15, 0.2) is 30.3 Å². The lowest BCUT2D eigenvalue weighted by Crippen LogP contribution is -2.47. The predicted molar refractivity (Wildman–Crippen MR) is 106 cm³/mol. The van der Waals surface area contributed by atoms with Gasteiger partial charge in [0, 0.05) is 19.8 Å². The van der Waals surface area contributed by atoms with E-state index in [4.69, 9.17) is 4.74 Å². The molecule has 2 aromatic rings. The monoisotopic (exact) mass is 343 g/mol. The lowest BCUT2D eigenvalue weighted by atomic mass is 10.0. The second-order valence-electron chi connectivity index (χ2n) is 7.40. The second kappa shape index (κ2) is 6.89. The number of rotatable bonds is 5. The molecular weight excluding hydrogens is 314 g/mol. The third-order valence-corrected chi connectivity index (χ3v) is 7.52. The van der Waals surface area contributed by atoms with E-state index in [0.29, 0.717) is 5.75 Å². The molecule has 2 aromatic carbocycles. The summed E-state index contributed by atoms with van der Waals surface area (Å²) in [5.41, 5.74) is 4.00. The minimum atomic E-state index is -1.69. The highest BCUT2D eigenvalue weighted by Crippen LogP contribution is 2.32. The molecule has 0 bridgehead atoms. The molecule has 0 aromatic heterocycles. The molecular formula is C20H29NO2Si. The fourth-order valence-corrected chi connectivity index (χ4v) is 4.49. The molecule has 0 atom stereocenters. The quantitative estimate of drug-likeness (QED) is 0.835. The Labute approximate surface area is 146 Å². The third-order valence-electron chi connectivity index (χ3n) is 4.76. The Morgan fingerprint density at radius 1 is 1.00 bits per heavy atom. The molecule has 0 saturated carbocycles. The molecule has 0 aliphatic carbocycles. The standard InChI is InChI=1S/C20H29NO2Si/c1-14-12-19(15(2)16(3)20(14)22)23-13-24(6,7)18-10-8-17(9-11-18)21(4)5/h8-12,22H,13H2,1-7H3. The molecule has 0 radical (unpaired) electrons. The molecule has 0 spiro atoms. The van der Waals surface area contributed by atoms with Crippen molar-refractivity contribution in [3.63, 3.8) is 0 Å². The van der Waals surface area contributed by atoms with Crippen molar-refractivity contribution < 1.29 is 9.84 Å². The topological polar surface area (TPSA) is 32.7 Å². The first-order valence-electron chi connectivity index (χ1n) is 8.34. The van der Waals surface area contributed by atoms with Crippen molar-refractivity contribution in [3.8, 4) is 11.5 Å². The molecule has 0 fully saturated rings. The molecule has 0 aliphatic rings. The third kappa shape index (κ3) is 3.75.